The molecule has 4 rings (SSSR count). The lowest BCUT2D eigenvalue weighted by molar-refractivity contribution is 0.335. The van der Waals surface area contributed by atoms with Crippen LogP contribution in [-0.4, -0.2) is 24.3 Å². The van der Waals surface area contributed by atoms with Crippen LogP contribution in [0.2, 0.25) is 0 Å². The second kappa shape index (κ2) is 11.3. The van der Waals surface area contributed by atoms with Crippen molar-refractivity contribution in [2.45, 2.75) is 77.2 Å². The molecular weight excluding hydrogens is 396 g/mol. The van der Waals surface area contributed by atoms with E-state index < -0.39 is 0 Å². The monoisotopic (exact) mass is 436 g/mol. The van der Waals surface area contributed by atoms with Gasteiger partial charge in [0, 0.05) is 53.6 Å². The molecule has 1 aromatic carbocycles. The van der Waals surface area contributed by atoms with Gasteiger partial charge in [-0.05, 0) is 56.7 Å². The van der Waals surface area contributed by atoms with Gasteiger partial charge in [0.1, 0.15) is 6.17 Å². The minimum absolute atomic E-state index is 0.0887. The van der Waals surface area contributed by atoms with Gasteiger partial charge in [-0.3, -0.25) is 0 Å². The Bertz CT molecular complexity index is 853. The van der Waals surface area contributed by atoms with E-state index in [1.54, 1.807) is 6.20 Å². The molecule has 3 aliphatic rings. The molecule has 0 saturated heterocycles. The fourth-order valence-electron chi connectivity index (χ4n) is 4.24. The molecule has 4 unspecified atom stereocenters. The molecular formula is C26H40N6. The second-order valence-electron chi connectivity index (χ2n) is 8.87. The van der Waals surface area contributed by atoms with Crippen LogP contribution in [0.1, 0.15) is 64.0 Å². The minimum atomic E-state index is 0.0887. The summed E-state index contributed by atoms with van der Waals surface area (Å²) in [6.45, 7) is 6.02. The molecule has 9 N–H and O–H groups in total. The molecule has 1 aromatic rings. The summed E-state index contributed by atoms with van der Waals surface area (Å²) in [6, 6.07) is 8.94. The highest BCUT2D eigenvalue weighted by Crippen LogP contribution is 2.33. The van der Waals surface area contributed by atoms with Gasteiger partial charge < -0.3 is 33.2 Å². The van der Waals surface area contributed by atoms with Crippen LogP contribution in [0.15, 0.2) is 42.4 Å². The van der Waals surface area contributed by atoms with Crippen LogP contribution in [0.3, 0.4) is 0 Å². The lowest BCUT2D eigenvalue weighted by Gasteiger charge is -2.27. The molecule has 0 bridgehead atoms. The van der Waals surface area contributed by atoms with Gasteiger partial charge in [-0.2, -0.15) is 0 Å². The first-order valence-electron chi connectivity index (χ1n) is 12.1. The van der Waals surface area contributed by atoms with E-state index in [-0.39, 0.29) is 18.2 Å². The third-order valence-corrected chi connectivity index (χ3v) is 6.40. The Balaban J connectivity index is 0.00000141. The SMILES string of the molecule is CC.CC(N)C1NC=C(C2CCC(C#Cc3ccc(/C(=C/N)NC4CC4N)cc3)CC2)N1. The molecule has 0 amide bonds. The maximum atomic E-state index is 5.97. The fraction of sp³-hybridized carbons (Fsp3) is 0.538. The van der Waals surface area contributed by atoms with E-state index in [0.717, 1.165) is 36.1 Å². The molecule has 32 heavy (non-hydrogen) atoms. The van der Waals surface area contributed by atoms with E-state index in [4.69, 9.17) is 17.2 Å². The van der Waals surface area contributed by atoms with E-state index in [1.165, 1.54) is 18.5 Å². The standard InChI is InChI=1S/C24H34N6.C2H6/c1-15(26)24-28-14-23(30-24)19-10-6-17(7-11-19)3-2-16-4-8-18(9-5-16)22(13-25)29-21-12-20(21)27;1-2/h4-5,8-9,13-15,17,19-21,24,28-30H,6-7,10-12,25-27H2,1H3;1-2H3/b22-13-;. The van der Waals surface area contributed by atoms with E-state index in [0.29, 0.717) is 17.9 Å². The zero-order chi connectivity index (χ0) is 23.1. The molecule has 6 nitrogen and oxygen atoms in total. The van der Waals surface area contributed by atoms with Crippen molar-refractivity contribution in [1.82, 2.24) is 16.0 Å². The smallest absolute Gasteiger partial charge is 0.111 e. The Hall–Kier alpha value is -2.62. The van der Waals surface area contributed by atoms with E-state index >= 15 is 0 Å². The van der Waals surface area contributed by atoms with Gasteiger partial charge in [0.25, 0.3) is 0 Å². The second-order valence-corrected chi connectivity index (χ2v) is 8.87. The average molecular weight is 437 g/mol. The topological polar surface area (TPSA) is 114 Å². The average Bonchev–Trinajstić information content (AvgIpc) is 3.30. The van der Waals surface area contributed by atoms with Crippen molar-refractivity contribution < 1.29 is 0 Å². The number of nitrogens with one attached hydrogen (secondary N) is 3. The Labute approximate surface area is 193 Å². The van der Waals surface area contributed by atoms with Crippen LogP contribution >= 0.6 is 0 Å². The summed E-state index contributed by atoms with van der Waals surface area (Å²) in [5.74, 6) is 7.91. The zero-order valence-electron chi connectivity index (χ0n) is 19.7. The van der Waals surface area contributed by atoms with Crippen LogP contribution in [0.4, 0.5) is 0 Å². The summed E-state index contributed by atoms with van der Waals surface area (Å²) >= 11 is 0. The third-order valence-electron chi connectivity index (χ3n) is 6.40. The summed E-state index contributed by atoms with van der Waals surface area (Å²) < 4.78 is 0. The highest BCUT2D eigenvalue weighted by molar-refractivity contribution is 5.65. The van der Waals surface area contributed by atoms with Crippen molar-refractivity contribution in [1.29, 1.82) is 0 Å². The van der Waals surface area contributed by atoms with Crippen LogP contribution < -0.4 is 33.2 Å². The predicted molar refractivity (Wildman–Crippen MR) is 134 cm³/mol. The summed E-state index contributed by atoms with van der Waals surface area (Å²) in [5.41, 5.74) is 22.0. The van der Waals surface area contributed by atoms with Crippen molar-refractivity contribution in [3.8, 4) is 11.8 Å². The molecule has 2 aliphatic carbocycles. The van der Waals surface area contributed by atoms with Gasteiger partial charge in [0.2, 0.25) is 0 Å². The molecule has 6 heteroatoms. The van der Waals surface area contributed by atoms with Gasteiger partial charge in [-0.1, -0.05) is 37.8 Å². The van der Waals surface area contributed by atoms with E-state index in [1.807, 2.05) is 20.8 Å². The highest BCUT2D eigenvalue weighted by Gasteiger charge is 2.33. The molecule has 1 aliphatic heterocycles. The van der Waals surface area contributed by atoms with Crippen LogP contribution in [0.5, 0.6) is 0 Å². The normalized spacial score (nSPS) is 29.7. The maximum absolute atomic E-state index is 5.97. The van der Waals surface area contributed by atoms with E-state index in [2.05, 4.69) is 58.3 Å². The summed E-state index contributed by atoms with van der Waals surface area (Å²) in [4.78, 5) is 0. The first-order chi connectivity index (χ1) is 15.5. The molecule has 2 fully saturated rings. The van der Waals surface area contributed by atoms with Crippen molar-refractivity contribution >= 4 is 5.70 Å². The number of hydrogen-bond acceptors (Lipinski definition) is 6. The third kappa shape index (κ3) is 6.21. The quantitative estimate of drug-likeness (QED) is 0.395. The van der Waals surface area contributed by atoms with Crippen molar-refractivity contribution in [2.75, 3.05) is 0 Å². The number of benzene rings is 1. The summed E-state index contributed by atoms with van der Waals surface area (Å²) in [7, 11) is 0. The molecule has 0 spiro atoms. The predicted octanol–water partition coefficient (Wildman–Crippen LogP) is 2.52. The van der Waals surface area contributed by atoms with Gasteiger partial charge in [-0.15, -0.1) is 0 Å². The maximum Gasteiger partial charge on any atom is 0.111 e. The Kier molecular flexibility index (Phi) is 8.49. The van der Waals surface area contributed by atoms with Gasteiger partial charge in [0.15, 0.2) is 0 Å². The van der Waals surface area contributed by atoms with Gasteiger partial charge >= 0.3 is 0 Å². The fourth-order valence-corrected chi connectivity index (χ4v) is 4.24. The number of rotatable bonds is 5. The highest BCUT2D eigenvalue weighted by atomic mass is 15.2. The van der Waals surface area contributed by atoms with Crippen molar-refractivity contribution in [2.24, 2.45) is 29.0 Å². The minimum Gasteiger partial charge on any atom is -0.403 e. The molecule has 2 saturated carbocycles. The summed E-state index contributed by atoms with van der Waals surface area (Å²) in [6.07, 6.45) is 9.51. The van der Waals surface area contributed by atoms with E-state index in [9.17, 15) is 0 Å². The molecule has 4 atom stereocenters. The van der Waals surface area contributed by atoms with Crippen molar-refractivity contribution in [3.05, 3.63) is 53.5 Å². The van der Waals surface area contributed by atoms with Gasteiger partial charge in [-0.25, -0.2) is 0 Å². The molecule has 1 heterocycles. The zero-order valence-corrected chi connectivity index (χ0v) is 19.7. The molecule has 174 valence electrons. The Morgan fingerprint density at radius 3 is 2.34 bits per heavy atom. The number of hydrogen-bond donors (Lipinski definition) is 6. The molecule has 0 aromatic heterocycles. The van der Waals surface area contributed by atoms with Crippen LogP contribution in [0.25, 0.3) is 5.70 Å². The lowest BCUT2D eigenvalue weighted by Crippen LogP contribution is -2.47. The molecule has 0 radical (unpaired) electrons. The van der Waals surface area contributed by atoms with Crippen molar-refractivity contribution in [3.63, 3.8) is 0 Å². The largest absolute Gasteiger partial charge is 0.403 e. The van der Waals surface area contributed by atoms with Crippen LogP contribution in [-0.2, 0) is 0 Å². The number of nitrogens with two attached hydrogens (primary N) is 3. The first kappa shape index (κ1) is 24.0. The first-order valence-corrected chi connectivity index (χ1v) is 12.1. The Morgan fingerprint density at radius 1 is 1.16 bits per heavy atom. The van der Waals surface area contributed by atoms with Crippen LogP contribution in [0, 0.1) is 23.7 Å². The summed E-state index contributed by atoms with van der Waals surface area (Å²) in [5, 5.41) is 10.3. The Morgan fingerprint density at radius 2 is 1.81 bits per heavy atom. The van der Waals surface area contributed by atoms with Gasteiger partial charge in [0.05, 0.1) is 5.70 Å². The lowest BCUT2D eigenvalue weighted by atomic mass is 9.81. The number of allylic oxidation sites excluding steroid dienone is 1.